The normalized spacial score (nSPS) is 9.80. The van der Waals surface area contributed by atoms with Crippen molar-refractivity contribution >= 4 is 18.0 Å². The molecular formula is C16H12O4. The van der Waals surface area contributed by atoms with Crippen molar-refractivity contribution in [2.75, 3.05) is 0 Å². The maximum Gasteiger partial charge on any atom is 0.344 e. The van der Waals surface area contributed by atoms with Gasteiger partial charge in [0.2, 0.25) is 0 Å². The minimum atomic E-state index is -1.17. The minimum absolute atomic E-state index is 0.0211. The molecule has 2 aromatic carbocycles. The van der Waals surface area contributed by atoms with Gasteiger partial charge < -0.3 is 9.84 Å². The first-order valence-electron chi connectivity index (χ1n) is 5.89. The van der Waals surface area contributed by atoms with Crippen molar-refractivity contribution in [2.24, 2.45) is 0 Å². The molecule has 0 spiro atoms. The number of carbonyl (C=O) groups excluding carboxylic acids is 1. The molecule has 4 heteroatoms. The summed E-state index contributed by atoms with van der Waals surface area (Å²) in [5, 5.41) is 9.03. The van der Waals surface area contributed by atoms with Crippen molar-refractivity contribution in [3.8, 4) is 5.75 Å². The zero-order valence-electron chi connectivity index (χ0n) is 10.6. The van der Waals surface area contributed by atoms with E-state index in [1.807, 2.05) is 0 Å². The number of ether oxygens (including phenoxy) is 1. The Bertz CT molecular complexity index is 656. The van der Waals surface area contributed by atoms with Crippen LogP contribution in [-0.4, -0.2) is 17.0 Å². The molecule has 0 aliphatic heterocycles. The zero-order chi connectivity index (χ0) is 14.5. The molecule has 2 aromatic rings. The third kappa shape index (κ3) is 2.92. The molecule has 0 saturated heterocycles. The van der Waals surface area contributed by atoms with Gasteiger partial charge in [0.25, 0.3) is 0 Å². The molecule has 0 fully saturated rings. The average molecular weight is 268 g/mol. The highest BCUT2D eigenvalue weighted by atomic mass is 16.5. The summed E-state index contributed by atoms with van der Waals surface area (Å²) in [5.41, 5.74) is 0.837. The van der Waals surface area contributed by atoms with Crippen molar-refractivity contribution in [3.63, 3.8) is 0 Å². The maximum absolute atomic E-state index is 12.0. The van der Waals surface area contributed by atoms with E-state index in [2.05, 4.69) is 6.58 Å². The fourth-order valence-electron chi connectivity index (χ4n) is 1.68. The van der Waals surface area contributed by atoms with Crippen molar-refractivity contribution in [1.29, 1.82) is 0 Å². The van der Waals surface area contributed by atoms with E-state index in [1.165, 1.54) is 12.1 Å². The summed E-state index contributed by atoms with van der Waals surface area (Å²) in [6.07, 6.45) is 1.67. The van der Waals surface area contributed by atoms with Gasteiger partial charge >= 0.3 is 11.9 Å². The number of benzene rings is 2. The highest BCUT2D eigenvalue weighted by Crippen LogP contribution is 2.16. The van der Waals surface area contributed by atoms with Gasteiger partial charge in [0.15, 0.2) is 0 Å². The monoisotopic (exact) mass is 268 g/mol. The van der Waals surface area contributed by atoms with Gasteiger partial charge in [-0.1, -0.05) is 36.9 Å². The topological polar surface area (TPSA) is 63.6 Å². The molecule has 20 heavy (non-hydrogen) atoms. The summed E-state index contributed by atoms with van der Waals surface area (Å²) in [4.78, 5) is 23.0. The van der Waals surface area contributed by atoms with Crippen LogP contribution in [-0.2, 0) is 0 Å². The molecule has 0 aliphatic rings. The number of esters is 1. The predicted molar refractivity (Wildman–Crippen MR) is 74.9 cm³/mol. The quantitative estimate of drug-likeness (QED) is 0.683. The van der Waals surface area contributed by atoms with Crippen molar-refractivity contribution in [2.45, 2.75) is 0 Å². The van der Waals surface area contributed by atoms with Crippen molar-refractivity contribution in [3.05, 3.63) is 71.8 Å². The Morgan fingerprint density at radius 2 is 1.60 bits per heavy atom. The standard InChI is InChI=1S/C16H12O4/c1-2-11-7-9-12(10-8-11)20-16(19)14-6-4-3-5-13(14)15(17)18/h2-10H,1H2,(H,17,18). The molecule has 0 heterocycles. The van der Waals surface area contributed by atoms with Gasteiger partial charge in [0, 0.05) is 0 Å². The summed E-state index contributed by atoms with van der Waals surface area (Å²) in [7, 11) is 0. The van der Waals surface area contributed by atoms with E-state index >= 15 is 0 Å². The molecule has 0 unspecified atom stereocenters. The summed E-state index contributed by atoms with van der Waals surface area (Å²) >= 11 is 0. The predicted octanol–water partition coefficient (Wildman–Crippen LogP) is 3.25. The summed E-state index contributed by atoms with van der Waals surface area (Å²) in [6, 6.07) is 12.7. The first-order chi connectivity index (χ1) is 9.61. The van der Waals surface area contributed by atoms with Gasteiger partial charge in [-0.3, -0.25) is 0 Å². The molecule has 0 amide bonds. The number of hydrogen-bond donors (Lipinski definition) is 1. The van der Waals surface area contributed by atoms with Crippen LogP contribution in [0.5, 0.6) is 5.75 Å². The second-order valence-corrected chi connectivity index (χ2v) is 4.01. The first-order valence-corrected chi connectivity index (χ1v) is 5.89. The summed E-state index contributed by atoms with van der Waals surface area (Å²) < 4.78 is 5.15. The summed E-state index contributed by atoms with van der Waals surface area (Å²) in [5.74, 6) is -1.52. The van der Waals surface area contributed by atoms with Gasteiger partial charge in [-0.2, -0.15) is 0 Å². The fraction of sp³-hybridized carbons (Fsp3) is 0. The smallest absolute Gasteiger partial charge is 0.344 e. The van der Waals surface area contributed by atoms with Crippen LogP contribution < -0.4 is 4.74 Å². The SMILES string of the molecule is C=Cc1ccc(OC(=O)c2ccccc2C(=O)O)cc1. The van der Waals surface area contributed by atoms with E-state index in [1.54, 1.807) is 42.5 Å². The van der Waals surface area contributed by atoms with E-state index in [-0.39, 0.29) is 11.1 Å². The highest BCUT2D eigenvalue weighted by molar-refractivity contribution is 6.03. The molecule has 1 N–H and O–H groups in total. The minimum Gasteiger partial charge on any atom is -0.478 e. The van der Waals surface area contributed by atoms with Crippen LogP contribution in [0.4, 0.5) is 0 Å². The molecule has 0 atom stereocenters. The van der Waals surface area contributed by atoms with Crippen LogP contribution in [0.2, 0.25) is 0 Å². The Balaban J connectivity index is 2.23. The first kappa shape index (κ1) is 13.5. The van der Waals surface area contributed by atoms with Crippen LogP contribution in [0, 0.1) is 0 Å². The van der Waals surface area contributed by atoms with Gasteiger partial charge in [-0.25, -0.2) is 9.59 Å². The van der Waals surface area contributed by atoms with E-state index in [9.17, 15) is 9.59 Å². The Kier molecular flexibility index (Phi) is 3.96. The Morgan fingerprint density at radius 1 is 1.00 bits per heavy atom. The van der Waals surface area contributed by atoms with E-state index < -0.39 is 11.9 Å². The third-order valence-corrected chi connectivity index (χ3v) is 2.70. The van der Waals surface area contributed by atoms with E-state index in [0.717, 1.165) is 5.56 Å². The van der Waals surface area contributed by atoms with Gasteiger partial charge in [0.05, 0.1) is 11.1 Å². The number of carbonyl (C=O) groups is 2. The van der Waals surface area contributed by atoms with E-state index in [4.69, 9.17) is 9.84 Å². The van der Waals surface area contributed by atoms with Crippen molar-refractivity contribution < 1.29 is 19.4 Å². The molecule has 4 nitrogen and oxygen atoms in total. The third-order valence-electron chi connectivity index (χ3n) is 2.70. The number of aromatic carboxylic acids is 1. The second-order valence-electron chi connectivity index (χ2n) is 4.01. The largest absolute Gasteiger partial charge is 0.478 e. The lowest BCUT2D eigenvalue weighted by molar-refractivity contribution is 0.0668. The van der Waals surface area contributed by atoms with Crippen LogP contribution >= 0.6 is 0 Å². The Hall–Kier alpha value is -2.88. The Morgan fingerprint density at radius 3 is 2.15 bits per heavy atom. The lowest BCUT2D eigenvalue weighted by Crippen LogP contribution is -2.13. The van der Waals surface area contributed by atoms with Crippen LogP contribution in [0.15, 0.2) is 55.1 Å². The molecule has 2 rings (SSSR count). The molecule has 100 valence electrons. The molecule has 0 aliphatic carbocycles. The highest BCUT2D eigenvalue weighted by Gasteiger charge is 2.17. The number of carboxylic acid groups (broad SMARTS) is 1. The lowest BCUT2D eigenvalue weighted by atomic mass is 10.1. The number of rotatable bonds is 4. The summed E-state index contributed by atoms with van der Waals surface area (Å²) in [6.45, 7) is 3.63. The van der Waals surface area contributed by atoms with Gasteiger partial charge in [-0.15, -0.1) is 0 Å². The lowest BCUT2D eigenvalue weighted by Gasteiger charge is -2.07. The zero-order valence-corrected chi connectivity index (χ0v) is 10.6. The number of carboxylic acids is 1. The van der Waals surface area contributed by atoms with Crippen LogP contribution in [0.1, 0.15) is 26.3 Å². The molecular weight excluding hydrogens is 256 g/mol. The molecule has 0 aromatic heterocycles. The Labute approximate surface area is 115 Å². The van der Waals surface area contributed by atoms with Gasteiger partial charge in [-0.05, 0) is 29.8 Å². The molecule has 0 bridgehead atoms. The van der Waals surface area contributed by atoms with Crippen LogP contribution in [0.3, 0.4) is 0 Å². The fourth-order valence-corrected chi connectivity index (χ4v) is 1.68. The second kappa shape index (κ2) is 5.84. The van der Waals surface area contributed by atoms with Crippen molar-refractivity contribution in [1.82, 2.24) is 0 Å². The van der Waals surface area contributed by atoms with Gasteiger partial charge in [0.1, 0.15) is 5.75 Å². The molecule has 0 radical (unpaired) electrons. The van der Waals surface area contributed by atoms with E-state index in [0.29, 0.717) is 5.75 Å². The average Bonchev–Trinajstić information content (AvgIpc) is 2.48. The maximum atomic E-state index is 12.0. The van der Waals surface area contributed by atoms with Crippen LogP contribution in [0.25, 0.3) is 6.08 Å². The number of hydrogen-bond acceptors (Lipinski definition) is 3. The molecule has 0 saturated carbocycles.